The van der Waals surface area contributed by atoms with Crippen molar-refractivity contribution in [3.8, 4) is 0 Å². The van der Waals surface area contributed by atoms with E-state index < -0.39 is 0 Å². The molecule has 1 aliphatic rings. The molecule has 7 heteroatoms. The number of amides is 1. The number of hydrogen-bond donors (Lipinski definition) is 1. The highest BCUT2D eigenvalue weighted by atomic mass is 32.1. The van der Waals surface area contributed by atoms with E-state index in [1.54, 1.807) is 23.1 Å². The highest BCUT2D eigenvalue weighted by Crippen LogP contribution is 2.33. The number of hydrogen-bond acceptors (Lipinski definition) is 5. The van der Waals surface area contributed by atoms with Gasteiger partial charge in [-0.15, -0.1) is 11.3 Å². The average Bonchev–Trinajstić information content (AvgIpc) is 3.18. The van der Waals surface area contributed by atoms with Crippen LogP contribution in [-0.4, -0.2) is 32.1 Å². The zero-order chi connectivity index (χ0) is 16.6. The minimum Gasteiger partial charge on any atom is -0.368 e. The topological polar surface area (TPSA) is 77.0 Å². The molecule has 0 aromatic carbocycles. The number of likely N-dealkylation sites (tertiary alicyclic amines) is 1. The molecule has 0 bridgehead atoms. The molecule has 124 valence electrons. The number of anilines is 1. The molecule has 1 aliphatic heterocycles. The fourth-order valence-electron chi connectivity index (χ4n) is 2.98. The quantitative estimate of drug-likeness (QED) is 0.933. The minimum absolute atomic E-state index is 0.0679. The average molecular weight is 333 g/mol. The van der Waals surface area contributed by atoms with E-state index in [0.29, 0.717) is 17.7 Å². The molecule has 0 aliphatic carbocycles. The van der Waals surface area contributed by atoms with E-state index in [2.05, 4.69) is 30.0 Å². The van der Waals surface area contributed by atoms with Crippen LogP contribution in [0.5, 0.6) is 0 Å². The molecular formula is C16H23N5OS. The number of carbonyl (C=O) groups is 1. The summed E-state index contributed by atoms with van der Waals surface area (Å²) in [5.74, 6) is 1.71. The number of rotatable bonds is 4. The van der Waals surface area contributed by atoms with E-state index in [0.717, 1.165) is 30.7 Å². The van der Waals surface area contributed by atoms with Gasteiger partial charge in [0.2, 0.25) is 5.95 Å². The summed E-state index contributed by atoms with van der Waals surface area (Å²) in [5, 5.41) is 4.35. The number of nitrogens with zero attached hydrogens (tertiary/aromatic N) is 4. The van der Waals surface area contributed by atoms with Crippen LogP contribution in [0.3, 0.4) is 0 Å². The molecule has 2 aromatic heterocycles. The fraction of sp³-hybridized carbons (Fsp3) is 0.562. The lowest BCUT2D eigenvalue weighted by molar-refractivity contribution is 0.0734. The zero-order valence-corrected chi connectivity index (χ0v) is 14.6. The van der Waals surface area contributed by atoms with Gasteiger partial charge in [-0.3, -0.25) is 4.79 Å². The van der Waals surface area contributed by atoms with E-state index in [9.17, 15) is 4.79 Å². The van der Waals surface area contributed by atoms with Gasteiger partial charge in [0.1, 0.15) is 0 Å². The largest absolute Gasteiger partial charge is 0.368 e. The summed E-state index contributed by atoms with van der Waals surface area (Å²) in [5.41, 5.74) is 5.78. The number of aromatic nitrogens is 3. The molecule has 23 heavy (non-hydrogen) atoms. The van der Waals surface area contributed by atoms with E-state index >= 15 is 0 Å². The minimum atomic E-state index is -0.0679. The number of nitrogen functional groups attached to an aromatic ring is 1. The van der Waals surface area contributed by atoms with Crippen molar-refractivity contribution in [2.24, 2.45) is 13.0 Å². The first kappa shape index (κ1) is 16.0. The Hall–Kier alpha value is -1.89. The van der Waals surface area contributed by atoms with Gasteiger partial charge in [-0.2, -0.15) is 10.1 Å². The lowest BCUT2D eigenvalue weighted by atomic mass is 10.1. The van der Waals surface area contributed by atoms with E-state index in [-0.39, 0.29) is 11.9 Å². The SMILES string of the molecule is CC(C)Cc1ccc(C(=O)N2CCCC2c2nc(N)n(C)n2)s1. The van der Waals surface area contributed by atoms with Crippen LogP contribution in [-0.2, 0) is 13.5 Å². The molecule has 2 N–H and O–H groups in total. The van der Waals surface area contributed by atoms with Crippen molar-refractivity contribution in [3.63, 3.8) is 0 Å². The predicted octanol–water partition coefficient (Wildman–Crippen LogP) is 2.63. The Morgan fingerprint density at radius 1 is 1.48 bits per heavy atom. The van der Waals surface area contributed by atoms with Crippen LogP contribution < -0.4 is 5.73 Å². The molecule has 0 saturated carbocycles. The maximum absolute atomic E-state index is 12.9. The highest BCUT2D eigenvalue weighted by Gasteiger charge is 2.34. The standard InChI is InChI=1S/C16H23N5OS/c1-10(2)9-11-6-7-13(23-11)15(22)21-8-4-5-12(21)14-18-16(17)20(3)19-14/h6-7,10,12H,4-5,8-9H2,1-3H3,(H2,17,18,19). The zero-order valence-electron chi connectivity index (χ0n) is 13.8. The molecule has 1 saturated heterocycles. The van der Waals surface area contributed by atoms with Crippen LogP contribution >= 0.6 is 11.3 Å². The van der Waals surface area contributed by atoms with Gasteiger partial charge in [0, 0.05) is 18.5 Å². The molecule has 1 amide bonds. The summed E-state index contributed by atoms with van der Waals surface area (Å²) in [6.07, 6.45) is 2.87. The summed E-state index contributed by atoms with van der Waals surface area (Å²) < 4.78 is 1.56. The molecule has 1 atom stereocenters. The van der Waals surface area contributed by atoms with Crippen molar-refractivity contribution in [1.82, 2.24) is 19.7 Å². The van der Waals surface area contributed by atoms with Gasteiger partial charge in [-0.05, 0) is 37.3 Å². The maximum atomic E-state index is 12.9. The Balaban J connectivity index is 1.79. The fourth-order valence-corrected chi connectivity index (χ4v) is 4.16. The number of nitrogens with two attached hydrogens (primary N) is 1. The van der Waals surface area contributed by atoms with Crippen LogP contribution in [0.2, 0.25) is 0 Å². The first-order valence-electron chi connectivity index (χ1n) is 8.01. The summed E-state index contributed by atoms with van der Waals surface area (Å²) in [7, 11) is 1.77. The smallest absolute Gasteiger partial charge is 0.264 e. The van der Waals surface area contributed by atoms with E-state index in [1.165, 1.54) is 4.88 Å². The number of aryl methyl sites for hydroxylation is 1. The van der Waals surface area contributed by atoms with Crippen LogP contribution in [0.4, 0.5) is 5.95 Å². The highest BCUT2D eigenvalue weighted by molar-refractivity contribution is 7.14. The van der Waals surface area contributed by atoms with Crippen molar-refractivity contribution in [2.45, 2.75) is 39.2 Å². The monoisotopic (exact) mass is 333 g/mol. The van der Waals surface area contributed by atoms with Crippen molar-refractivity contribution < 1.29 is 4.79 Å². The summed E-state index contributed by atoms with van der Waals surface area (Å²) >= 11 is 1.60. The third kappa shape index (κ3) is 3.24. The Labute approximate surface area is 140 Å². The van der Waals surface area contributed by atoms with Crippen molar-refractivity contribution in [1.29, 1.82) is 0 Å². The number of carbonyl (C=O) groups excluding carboxylic acids is 1. The van der Waals surface area contributed by atoms with Crippen molar-refractivity contribution in [2.75, 3.05) is 12.3 Å². The third-order valence-corrected chi connectivity index (χ3v) is 5.20. The lowest BCUT2D eigenvalue weighted by Crippen LogP contribution is -2.30. The van der Waals surface area contributed by atoms with Gasteiger partial charge in [0.15, 0.2) is 5.82 Å². The van der Waals surface area contributed by atoms with Crippen LogP contribution in [0.25, 0.3) is 0 Å². The van der Waals surface area contributed by atoms with Gasteiger partial charge in [-0.1, -0.05) is 13.8 Å². The van der Waals surface area contributed by atoms with E-state index in [1.807, 2.05) is 11.0 Å². The molecule has 2 aromatic rings. The Morgan fingerprint density at radius 3 is 2.91 bits per heavy atom. The van der Waals surface area contributed by atoms with Crippen LogP contribution in [0.15, 0.2) is 12.1 Å². The summed E-state index contributed by atoms with van der Waals surface area (Å²) in [6.45, 7) is 5.13. The predicted molar refractivity (Wildman–Crippen MR) is 91.3 cm³/mol. The van der Waals surface area contributed by atoms with Gasteiger partial charge in [0.25, 0.3) is 5.91 Å². The van der Waals surface area contributed by atoms with E-state index in [4.69, 9.17) is 5.73 Å². The molecular weight excluding hydrogens is 310 g/mol. The van der Waals surface area contributed by atoms with Gasteiger partial charge in [-0.25, -0.2) is 4.68 Å². The first-order chi connectivity index (χ1) is 11.0. The van der Waals surface area contributed by atoms with Crippen molar-refractivity contribution in [3.05, 3.63) is 27.7 Å². The molecule has 0 spiro atoms. The second kappa shape index (κ2) is 6.31. The molecule has 6 nitrogen and oxygen atoms in total. The molecule has 0 radical (unpaired) electrons. The second-order valence-corrected chi connectivity index (χ2v) is 7.64. The van der Waals surface area contributed by atoms with Gasteiger partial charge < -0.3 is 10.6 Å². The summed E-state index contributed by atoms with van der Waals surface area (Å²) in [4.78, 5) is 21.1. The Morgan fingerprint density at radius 2 is 2.26 bits per heavy atom. The van der Waals surface area contributed by atoms with Crippen LogP contribution in [0.1, 0.15) is 53.1 Å². The Bertz CT molecular complexity index is 686. The Kier molecular flexibility index (Phi) is 4.39. The van der Waals surface area contributed by atoms with Crippen molar-refractivity contribution >= 4 is 23.2 Å². The molecule has 3 rings (SSSR count). The molecule has 3 heterocycles. The van der Waals surface area contributed by atoms with Gasteiger partial charge in [0.05, 0.1) is 10.9 Å². The van der Waals surface area contributed by atoms with Crippen LogP contribution in [0, 0.1) is 5.92 Å². The third-order valence-electron chi connectivity index (χ3n) is 4.11. The van der Waals surface area contributed by atoms with Gasteiger partial charge >= 0.3 is 0 Å². The number of thiophene rings is 1. The normalized spacial score (nSPS) is 18.1. The first-order valence-corrected chi connectivity index (χ1v) is 8.83. The maximum Gasteiger partial charge on any atom is 0.264 e. The molecule has 1 unspecified atom stereocenters. The molecule has 1 fully saturated rings. The summed E-state index contributed by atoms with van der Waals surface area (Å²) in [6, 6.07) is 3.95. The lowest BCUT2D eigenvalue weighted by Gasteiger charge is -2.21. The second-order valence-electron chi connectivity index (χ2n) is 6.47.